The first-order valence-corrected chi connectivity index (χ1v) is 7.21. The van der Waals surface area contributed by atoms with Crippen molar-refractivity contribution in [3.05, 3.63) is 0 Å². The van der Waals surface area contributed by atoms with Crippen LogP contribution in [0.2, 0.25) is 0 Å². The largest absolute Gasteiger partial charge is 0.481 e. The number of hydrogen-bond acceptors (Lipinski definition) is 2. The van der Waals surface area contributed by atoms with Crippen molar-refractivity contribution in [3.8, 4) is 0 Å². The van der Waals surface area contributed by atoms with Crippen molar-refractivity contribution in [1.82, 2.24) is 10.2 Å². The summed E-state index contributed by atoms with van der Waals surface area (Å²) in [4.78, 5) is 24.7. The molecule has 0 spiro atoms. The van der Waals surface area contributed by atoms with Gasteiger partial charge in [0.2, 0.25) is 0 Å². The number of carboxylic acid groups (broad SMARTS) is 1. The summed E-state index contributed by atoms with van der Waals surface area (Å²) in [5, 5.41) is 11.7. The molecule has 1 saturated heterocycles. The molecule has 0 aromatic carbocycles. The Bertz CT molecular complexity index is 320. The molecule has 19 heavy (non-hydrogen) atoms. The maximum Gasteiger partial charge on any atom is 0.317 e. The molecule has 0 aliphatic carbocycles. The van der Waals surface area contributed by atoms with E-state index in [0.717, 1.165) is 25.9 Å². The normalized spacial score (nSPS) is 24.9. The average molecular weight is 270 g/mol. The Morgan fingerprint density at radius 3 is 2.58 bits per heavy atom. The zero-order chi connectivity index (χ0) is 14.4. The van der Waals surface area contributed by atoms with Gasteiger partial charge in [0.1, 0.15) is 0 Å². The predicted octanol–water partition coefficient (Wildman–Crippen LogP) is 2.32. The molecule has 2 amide bonds. The monoisotopic (exact) mass is 270 g/mol. The number of carboxylic acids is 1. The molecule has 0 aromatic heterocycles. The van der Waals surface area contributed by atoms with Gasteiger partial charge in [-0.3, -0.25) is 4.79 Å². The number of nitrogens with one attached hydrogen (secondary N) is 1. The Kier molecular flexibility index (Phi) is 6.12. The van der Waals surface area contributed by atoms with Crippen LogP contribution in [0.5, 0.6) is 0 Å². The van der Waals surface area contributed by atoms with Crippen molar-refractivity contribution < 1.29 is 14.7 Å². The van der Waals surface area contributed by atoms with Crippen LogP contribution in [0.4, 0.5) is 4.79 Å². The highest BCUT2D eigenvalue weighted by Crippen LogP contribution is 2.22. The summed E-state index contributed by atoms with van der Waals surface area (Å²) in [6.07, 6.45) is 2.59. The summed E-state index contributed by atoms with van der Waals surface area (Å²) in [6, 6.07) is -0.372. The summed E-state index contributed by atoms with van der Waals surface area (Å²) in [7, 11) is 0. The van der Waals surface area contributed by atoms with Gasteiger partial charge in [0.25, 0.3) is 0 Å². The molecule has 0 radical (unpaired) electrons. The van der Waals surface area contributed by atoms with Crippen LogP contribution in [0, 0.1) is 11.8 Å². The molecule has 5 nitrogen and oxygen atoms in total. The fourth-order valence-electron chi connectivity index (χ4n) is 2.50. The van der Waals surface area contributed by atoms with Crippen molar-refractivity contribution in [3.63, 3.8) is 0 Å². The quantitative estimate of drug-likeness (QED) is 0.805. The Hall–Kier alpha value is -1.26. The molecule has 0 aromatic rings. The second-order valence-electron chi connectivity index (χ2n) is 5.72. The summed E-state index contributed by atoms with van der Waals surface area (Å²) >= 11 is 0. The van der Waals surface area contributed by atoms with Gasteiger partial charge in [-0.1, -0.05) is 27.2 Å². The van der Waals surface area contributed by atoms with Crippen molar-refractivity contribution in [1.29, 1.82) is 0 Å². The van der Waals surface area contributed by atoms with Crippen molar-refractivity contribution in [2.24, 2.45) is 11.8 Å². The number of carbonyl (C=O) groups is 2. The number of aliphatic carboxylic acids is 1. The number of likely N-dealkylation sites (tertiary alicyclic amines) is 1. The van der Waals surface area contributed by atoms with Crippen molar-refractivity contribution in [2.45, 2.75) is 52.5 Å². The number of urea groups is 1. The summed E-state index contributed by atoms with van der Waals surface area (Å²) < 4.78 is 0. The Morgan fingerprint density at radius 1 is 1.37 bits per heavy atom. The van der Waals surface area contributed by atoms with Crippen LogP contribution in [0.15, 0.2) is 0 Å². The van der Waals surface area contributed by atoms with Crippen LogP contribution in [0.25, 0.3) is 0 Å². The zero-order valence-electron chi connectivity index (χ0n) is 12.2. The highest BCUT2D eigenvalue weighted by atomic mass is 16.4. The molecule has 2 N–H and O–H groups in total. The second-order valence-corrected chi connectivity index (χ2v) is 5.72. The van der Waals surface area contributed by atoms with E-state index in [-0.39, 0.29) is 18.5 Å². The highest BCUT2D eigenvalue weighted by Gasteiger charge is 2.27. The van der Waals surface area contributed by atoms with Gasteiger partial charge in [-0.15, -0.1) is 0 Å². The zero-order valence-corrected chi connectivity index (χ0v) is 12.2. The van der Waals surface area contributed by atoms with E-state index in [2.05, 4.69) is 19.2 Å². The lowest BCUT2D eigenvalue weighted by molar-refractivity contribution is -0.137. The van der Waals surface area contributed by atoms with Crippen molar-refractivity contribution >= 4 is 12.0 Å². The average Bonchev–Trinajstić information content (AvgIpc) is 2.32. The van der Waals surface area contributed by atoms with Crippen LogP contribution in [-0.2, 0) is 4.79 Å². The summed E-state index contributed by atoms with van der Waals surface area (Å²) in [5.41, 5.74) is 0. The molecular weight excluding hydrogens is 244 g/mol. The minimum Gasteiger partial charge on any atom is -0.481 e. The summed E-state index contributed by atoms with van der Waals surface area (Å²) in [5.74, 6) is 0.289. The molecule has 1 heterocycles. The van der Waals surface area contributed by atoms with Gasteiger partial charge >= 0.3 is 12.0 Å². The molecule has 0 bridgehead atoms. The first kappa shape index (κ1) is 15.8. The van der Waals surface area contributed by atoms with E-state index >= 15 is 0 Å². The molecule has 3 atom stereocenters. The number of amides is 2. The van der Waals surface area contributed by atoms with E-state index < -0.39 is 5.97 Å². The van der Waals surface area contributed by atoms with E-state index in [0.29, 0.717) is 18.3 Å². The first-order chi connectivity index (χ1) is 8.93. The molecule has 1 aliphatic heterocycles. The van der Waals surface area contributed by atoms with E-state index in [4.69, 9.17) is 5.11 Å². The lowest BCUT2D eigenvalue weighted by Crippen LogP contribution is -2.50. The van der Waals surface area contributed by atoms with Gasteiger partial charge in [-0.25, -0.2) is 4.79 Å². The van der Waals surface area contributed by atoms with Crippen LogP contribution in [-0.4, -0.2) is 41.1 Å². The smallest absolute Gasteiger partial charge is 0.317 e. The molecule has 5 heteroatoms. The maximum absolute atomic E-state index is 12.1. The molecular formula is C14H26N2O3. The van der Waals surface area contributed by atoms with Crippen LogP contribution >= 0.6 is 0 Å². The lowest BCUT2D eigenvalue weighted by atomic mass is 9.89. The van der Waals surface area contributed by atoms with E-state index in [9.17, 15) is 9.59 Å². The lowest BCUT2D eigenvalue weighted by Gasteiger charge is -2.36. The second kappa shape index (κ2) is 7.36. The van der Waals surface area contributed by atoms with Crippen molar-refractivity contribution in [2.75, 3.05) is 13.1 Å². The molecule has 1 rings (SSSR count). The van der Waals surface area contributed by atoms with Crippen LogP contribution < -0.4 is 5.32 Å². The standard InChI is InChI=1S/C14H26N2O3/c1-4-5-12(8-13(17)18)15-14(19)16-7-6-10(2)11(3)9-16/h10-12H,4-9H2,1-3H3,(H,15,19)(H,17,18). The van der Waals surface area contributed by atoms with Gasteiger partial charge in [0.15, 0.2) is 0 Å². The minimum absolute atomic E-state index is 0.000619. The third-order valence-corrected chi connectivity index (χ3v) is 4.01. The van der Waals surface area contributed by atoms with Crippen LogP contribution in [0.3, 0.4) is 0 Å². The molecule has 1 fully saturated rings. The molecule has 0 saturated carbocycles. The topological polar surface area (TPSA) is 69.6 Å². The predicted molar refractivity (Wildman–Crippen MR) is 74.0 cm³/mol. The minimum atomic E-state index is -0.862. The van der Waals surface area contributed by atoms with Gasteiger partial charge < -0.3 is 15.3 Å². The van der Waals surface area contributed by atoms with Gasteiger partial charge in [-0.2, -0.15) is 0 Å². The van der Waals surface area contributed by atoms with E-state index in [1.54, 1.807) is 0 Å². The highest BCUT2D eigenvalue weighted by molar-refractivity contribution is 5.76. The van der Waals surface area contributed by atoms with Gasteiger partial charge in [-0.05, 0) is 24.7 Å². The van der Waals surface area contributed by atoms with E-state index in [1.165, 1.54) is 0 Å². The number of rotatable bonds is 5. The number of hydrogen-bond donors (Lipinski definition) is 2. The number of carbonyl (C=O) groups excluding carboxylic acids is 1. The maximum atomic E-state index is 12.1. The molecule has 110 valence electrons. The third-order valence-electron chi connectivity index (χ3n) is 4.01. The molecule has 3 unspecified atom stereocenters. The number of piperidine rings is 1. The van der Waals surface area contributed by atoms with Crippen LogP contribution in [0.1, 0.15) is 46.5 Å². The summed E-state index contributed by atoms with van der Waals surface area (Å²) in [6.45, 7) is 7.89. The third kappa shape index (κ3) is 5.09. The SMILES string of the molecule is CCCC(CC(=O)O)NC(=O)N1CCC(C)C(C)C1. The molecule has 1 aliphatic rings. The van der Waals surface area contributed by atoms with E-state index in [1.807, 2.05) is 11.8 Å². The first-order valence-electron chi connectivity index (χ1n) is 7.21. The Labute approximate surface area is 115 Å². The van der Waals surface area contributed by atoms with Gasteiger partial charge in [0, 0.05) is 19.1 Å². The Morgan fingerprint density at radius 2 is 2.05 bits per heavy atom. The fraction of sp³-hybridized carbons (Fsp3) is 0.857. The number of nitrogens with zero attached hydrogens (tertiary/aromatic N) is 1. The fourth-order valence-corrected chi connectivity index (χ4v) is 2.50. The van der Waals surface area contributed by atoms with Gasteiger partial charge in [0.05, 0.1) is 6.42 Å². The Balaban J connectivity index is 2.49.